The molecule has 1 aliphatic heterocycles. The van der Waals surface area contributed by atoms with Gasteiger partial charge in [-0.25, -0.2) is 0 Å². The van der Waals surface area contributed by atoms with Crippen molar-refractivity contribution in [1.82, 2.24) is 9.47 Å². The van der Waals surface area contributed by atoms with Gasteiger partial charge in [0.05, 0.1) is 0 Å². The Morgan fingerprint density at radius 3 is 2.45 bits per heavy atom. The fourth-order valence-corrected chi connectivity index (χ4v) is 3.26. The van der Waals surface area contributed by atoms with E-state index in [1.807, 2.05) is 29.2 Å². The molecule has 0 aliphatic carbocycles. The molecule has 1 fully saturated rings. The summed E-state index contributed by atoms with van der Waals surface area (Å²) in [5, 5.41) is 19.5. The first-order valence-electron chi connectivity index (χ1n) is 7.34. The van der Waals surface area contributed by atoms with Gasteiger partial charge in [-0.3, -0.25) is 14.5 Å². The number of aromatic nitrogens is 1. The molecule has 2 N–H and O–H groups in total. The summed E-state index contributed by atoms with van der Waals surface area (Å²) in [6.07, 6.45) is 3.67. The second kappa shape index (κ2) is 5.81. The minimum absolute atomic E-state index is 0.174. The molecule has 1 aromatic carbocycles. The van der Waals surface area contributed by atoms with E-state index in [0.717, 1.165) is 36.8 Å². The number of likely N-dealkylation sites (tertiary alicyclic amines) is 1. The third kappa shape index (κ3) is 2.57. The van der Waals surface area contributed by atoms with Gasteiger partial charge < -0.3 is 14.8 Å². The molecule has 0 radical (unpaired) electrons. The van der Waals surface area contributed by atoms with Crippen LogP contribution in [-0.2, 0) is 16.1 Å². The van der Waals surface area contributed by atoms with Gasteiger partial charge >= 0.3 is 11.9 Å². The average molecular weight is 302 g/mol. The normalized spacial score (nSPS) is 16.9. The minimum Gasteiger partial charge on any atom is -0.480 e. The van der Waals surface area contributed by atoms with Gasteiger partial charge in [0.15, 0.2) is 0 Å². The lowest BCUT2D eigenvalue weighted by atomic mass is 10.0. The Labute approximate surface area is 127 Å². The van der Waals surface area contributed by atoms with Crippen LogP contribution in [0.25, 0.3) is 10.9 Å². The number of hydrogen-bond donors (Lipinski definition) is 2. The second-order valence-corrected chi connectivity index (χ2v) is 5.61. The molecule has 1 aromatic heterocycles. The fourth-order valence-electron chi connectivity index (χ4n) is 3.26. The fraction of sp³-hybridized carbons (Fsp3) is 0.375. The highest BCUT2D eigenvalue weighted by molar-refractivity contribution is 5.90. The summed E-state index contributed by atoms with van der Waals surface area (Å²) in [5.74, 6) is -1.83. The van der Waals surface area contributed by atoms with Crippen LogP contribution in [0.1, 0.15) is 24.4 Å². The number of nitrogens with zero attached hydrogens (tertiary/aromatic N) is 2. The maximum absolute atomic E-state index is 11.8. The van der Waals surface area contributed by atoms with Gasteiger partial charge in [-0.1, -0.05) is 18.2 Å². The molecule has 6 nitrogen and oxygen atoms in total. The zero-order chi connectivity index (χ0) is 15.7. The molecule has 3 rings (SSSR count). The van der Waals surface area contributed by atoms with Crippen LogP contribution in [0.15, 0.2) is 30.5 Å². The highest BCUT2D eigenvalue weighted by Gasteiger charge is 2.32. The SMILES string of the molecule is O=C(O)Cn1cc([C@H](C(=O)O)N2CCCC2)c2ccccc21. The number of benzene rings is 1. The summed E-state index contributed by atoms with van der Waals surface area (Å²) in [7, 11) is 0. The first-order chi connectivity index (χ1) is 10.6. The molecule has 116 valence electrons. The Bertz CT molecular complexity index is 716. The molecule has 1 aliphatic rings. The Morgan fingerprint density at radius 2 is 1.82 bits per heavy atom. The van der Waals surface area contributed by atoms with Crippen LogP contribution in [0.2, 0.25) is 0 Å². The van der Waals surface area contributed by atoms with Crippen molar-refractivity contribution < 1.29 is 19.8 Å². The Morgan fingerprint density at radius 1 is 1.14 bits per heavy atom. The predicted octanol–water partition coefficient (Wildman–Crippen LogP) is 1.95. The molecule has 2 aromatic rings. The highest BCUT2D eigenvalue weighted by atomic mass is 16.4. The molecule has 0 spiro atoms. The first-order valence-corrected chi connectivity index (χ1v) is 7.34. The van der Waals surface area contributed by atoms with E-state index < -0.39 is 18.0 Å². The third-order valence-electron chi connectivity index (χ3n) is 4.16. The summed E-state index contributed by atoms with van der Waals surface area (Å²) in [5.41, 5.74) is 1.43. The van der Waals surface area contributed by atoms with Gasteiger partial charge in [-0.05, 0) is 32.0 Å². The van der Waals surface area contributed by atoms with Crippen LogP contribution in [-0.4, -0.2) is 44.7 Å². The predicted molar refractivity (Wildman–Crippen MR) is 80.8 cm³/mol. The number of aliphatic carboxylic acids is 2. The van der Waals surface area contributed by atoms with Crippen molar-refractivity contribution in [2.24, 2.45) is 0 Å². The maximum atomic E-state index is 11.8. The lowest BCUT2D eigenvalue weighted by Gasteiger charge is -2.23. The zero-order valence-electron chi connectivity index (χ0n) is 12.1. The lowest BCUT2D eigenvalue weighted by Crippen LogP contribution is -2.31. The number of carbonyl (C=O) groups is 2. The van der Waals surface area contributed by atoms with Gasteiger partial charge in [-0.2, -0.15) is 0 Å². The first kappa shape index (κ1) is 14.6. The Kier molecular flexibility index (Phi) is 3.85. The van der Waals surface area contributed by atoms with E-state index in [1.165, 1.54) is 0 Å². The molecule has 2 heterocycles. The topological polar surface area (TPSA) is 82.8 Å². The third-order valence-corrected chi connectivity index (χ3v) is 4.16. The molecule has 0 bridgehead atoms. The molecule has 6 heteroatoms. The van der Waals surface area contributed by atoms with E-state index in [1.54, 1.807) is 10.8 Å². The lowest BCUT2D eigenvalue weighted by molar-refractivity contribution is -0.143. The number of carboxylic acid groups (broad SMARTS) is 2. The Hall–Kier alpha value is -2.34. The number of rotatable bonds is 5. The number of hydrogen-bond acceptors (Lipinski definition) is 3. The van der Waals surface area contributed by atoms with Gasteiger partial charge in [-0.15, -0.1) is 0 Å². The zero-order valence-corrected chi connectivity index (χ0v) is 12.1. The molecule has 0 unspecified atom stereocenters. The highest BCUT2D eigenvalue weighted by Crippen LogP contribution is 2.32. The summed E-state index contributed by atoms with van der Waals surface area (Å²) in [4.78, 5) is 24.8. The van der Waals surface area contributed by atoms with Crippen LogP contribution >= 0.6 is 0 Å². The molecular formula is C16H18N2O4. The largest absolute Gasteiger partial charge is 0.480 e. The molecule has 22 heavy (non-hydrogen) atoms. The van der Waals surface area contributed by atoms with Gasteiger partial charge in [0.2, 0.25) is 0 Å². The molecule has 1 atom stereocenters. The van der Waals surface area contributed by atoms with E-state index >= 15 is 0 Å². The summed E-state index contributed by atoms with van der Waals surface area (Å²) >= 11 is 0. The number of fused-ring (bicyclic) bond motifs is 1. The maximum Gasteiger partial charge on any atom is 0.325 e. The summed E-state index contributed by atoms with van der Waals surface area (Å²) in [6.45, 7) is 1.34. The quantitative estimate of drug-likeness (QED) is 0.882. The van der Waals surface area contributed by atoms with Crippen molar-refractivity contribution in [3.63, 3.8) is 0 Å². The van der Waals surface area contributed by atoms with Crippen molar-refractivity contribution >= 4 is 22.8 Å². The Balaban J connectivity index is 2.11. The monoisotopic (exact) mass is 302 g/mol. The summed E-state index contributed by atoms with van der Waals surface area (Å²) < 4.78 is 1.61. The average Bonchev–Trinajstić information content (AvgIpc) is 3.09. The number of para-hydroxylation sites is 1. The van der Waals surface area contributed by atoms with Crippen molar-refractivity contribution in [3.8, 4) is 0 Å². The summed E-state index contributed by atoms with van der Waals surface area (Å²) in [6, 6.07) is 6.64. The van der Waals surface area contributed by atoms with Crippen LogP contribution in [0.4, 0.5) is 0 Å². The van der Waals surface area contributed by atoms with Gasteiger partial charge in [0.1, 0.15) is 12.6 Å². The van der Waals surface area contributed by atoms with Gasteiger partial charge in [0, 0.05) is 22.7 Å². The van der Waals surface area contributed by atoms with Crippen LogP contribution in [0.3, 0.4) is 0 Å². The minimum atomic E-state index is -0.944. The van der Waals surface area contributed by atoms with Crippen molar-refractivity contribution in [2.45, 2.75) is 25.4 Å². The van der Waals surface area contributed by atoms with Crippen LogP contribution < -0.4 is 0 Å². The van der Waals surface area contributed by atoms with E-state index in [-0.39, 0.29) is 6.54 Å². The van der Waals surface area contributed by atoms with Crippen molar-refractivity contribution in [1.29, 1.82) is 0 Å². The van der Waals surface area contributed by atoms with E-state index in [9.17, 15) is 14.7 Å². The standard InChI is InChI=1S/C16H18N2O4/c19-14(20)10-18-9-12(11-5-1-2-6-13(11)18)15(16(21)22)17-7-3-4-8-17/h1-2,5-6,9,15H,3-4,7-8,10H2,(H,19,20)(H,21,22)/t15-/m1/s1. The van der Waals surface area contributed by atoms with E-state index in [4.69, 9.17) is 5.11 Å². The van der Waals surface area contributed by atoms with Crippen LogP contribution in [0, 0.1) is 0 Å². The van der Waals surface area contributed by atoms with Crippen molar-refractivity contribution in [2.75, 3.05) is 13.1 Å². The van der Waals surface area contributed by atoms with E-state index in [2.05, 4.69) is 0 Å². The van der Waals surface area contributed by atoms with E-state index in [0.29, 0.717) is 5.56 Å². The molecule has 0 amide bonds. The number of carboxylic acids is 2. The second-order valence-electron chi connectivity index (χ2n) is 5.61. The van der Waals surface area contributed by atoms with Gasteiger partial charge in [0.25, 0.3) is 0 Å². The van der Waals surface area contributed by atoms with Crippen molar-refractivity contribution in [3.05, 3.63) is 36.0 Å². The molecule has 1 saturated heterocycles. The smallest absolute Gasteiger partial charge is 0.325 e. The van der Waals surface area contributed by atoms with Crippen LogP contribution in [0.5, 0.6) is 0 Å². The molecular weight excluding hydrogens is 284 g/mol. The molecule has 0 saturated carbocycles.